The Labute approximate surface area is 143 Å². The predicted molar refractivity (Wildman–Crippen MR) is 98.2 cm³/mol. The highest BCUT2D eigenvalue weighted by atomic mass is 16.5. The molecule has 0 fully saturated rings. The van der Waals surface area contributed by atoms with Gasteiger partial charge in [0.2, 0.25) is 0 Å². The van der Waals surface area contributed by atoms with Gasteiger partial charge in [-0.3, -0.25) is 4.90 Å². The normalized spacial score (nSPS) is 12.5. The zero-order valence-electron chi connectivity index (χ0n) is 14.1. The van der Waals surface area contributed by atoms with Gasteiger partial charge in [0.05, 0.1) is 19.8 Å². The topological polar surface area (TPSA) is 32.7 Å². The van der Waals surface area contributed by atoms with Gasteiger partial charge in [0, 0.05) is 6.54 Å². The number of ether oxygens (including phenoxy) is 1. The van der Waals surface area contributed by atoms with Crippen molar-refractivity contribution >= 4 is 10.8 Å². The van der Waals surface area contributed by atoms with Crippen molar-refractivity contribution in [1.82, 2.24) is 4.90 Å². The van der Waals surface area contributed by atoms with Crippen molar-refractivity contribution in [2.24, 2.45) is 0 Å². The molecule has 0 aromatic heterocycles. The quantitative estimate of drug-likeness (QED) is 0.744. The van der Waals surface area contributed by atoms with E-state index in [1.807, 2.05) is 37.4 Å². The molecule has 0 radical (unpaired) electrons. The minimum absolute atomic E-state index is 0.0409. The third-order valence-electron chi connectivity index (χ3n) is 4.43. The number of likely N-dealkylation sites (N-methyl/N-ethyl adjacent to an activating group) is 1. The van der Waals surface area contributed by atoms with Crippen LogP contribution in [0.5, 0.6) is 5.75 Å². The molecule has 3 aromatic rings. The molecule has 24 heavy (non-hydrogen) atoms. The number of aliphatic hydroxyl groups excluding tert-OH is 1. The van der Waals surface area contributed by atoms with Crippen LogP contribution in [0.3, 0.4) is 0 Å². The minimum Gasteiger partial charge on any atom is -0.497 e. The van der Waals surface area contributed by atoms with Gasteiger partial charge in [-0.25, -0.2) is 0 Å². The van der Waals surface area contributed by atoms with E-state index >= 15 is 0 Å². The van der Waals surface area contributed by atoms with Crippen molar-refractivity contribution in [3.8, 4) is 5.75 Å². The Morgan fingerprint density at radius 1 is 0.958 bits per heavy atom. The molecule has 0 saturated heterocycles. The Hall–Kier alpha value is -2.36. The molecule has 0 bridgehead atoms. The maximum Gasteiger partial charge on any atom is 0.119 e. The third kappa shape index (κ3) is 3.58. The molecule has 3 aromatic carbocycles. The summed E-state index contributed by atoms with van der Waals surface area (Å²) in [7, 11) is 3.71. The molecule has 0 aliphatic heterocycles. The van der Waals surface area contributed by atoms with Crippen molar-refractivity contribution in [2.75, 3.05) is 20.8 Å². The first kappa shape index (κ1) is 16.5. The van der Waals surface area contributed by atoms with Crippen LogP contribution >= 0.6 is 0 Å². The summed E-state index contributed by atoms with van der Waals surface area (Å²) in [4.78, 5) is 2.17. The van der Waals surface area contributed by atoms with Crippen molar-refractivity contribution in [1.29, 1.82) is 0 Å². The Bertz CT molecular complexity index is 816. The molecule has 3 nitrogen and oxygen atoms in total. The van der Waals surface area contributed by atoms with E-state index in [4.69, 9.17) is 4.74 Å². The monoisotopic (exact) mass is 321 g/mol. The summed E-state index contributed by atoms with van der Waals surface area (Å²) in [6, 6.07) is 22.7. The average Bonchev–Trinajstić information content (AvgIpc) is 2.62. The van der Waals surface area contributed by atoms with Crippen molar-refractivity contribution in [2.45, 2.75) is 12.6 Å². The number of nitrogens with zero attached hydrogens (tertiary/aromatic N) is 1. The van der Waals surface area contributed by atoms with Crippen LogP contribution in [0.2, 0.25) is 0 Å². The molecule has 124 valence electrons. The molecule has 1 unspecified atom stereocenters. The lowest BCUT2D eigenvalue weighted by molar-refractivity contribution is 0.142. The summed E-state index contributed by atoms with van der Waals surface area (Å²) >= 11 is 0. The predicted octanol–water partition coefficient (Wildman–Crippen LogP) is 4.01. The maximum atomic E-state index is 9.93. The van der Waals surface area contributed by atoms with Crippen molar-refractivity contribution < 1.29 is 9.84 Å². The van der Waals surface area contributed by atoms with Gasteiger partial charge >= 0.3 is 0 Å². The molecule has 0 heterocycles. The van der Waals surface area contributed by atoms with E-state index in [9.17, 15) is 5.11 Å². The summed E-state index contributed by atoms with van der Waals surface area (Å²) in [6.45, 7) is 0.827. The maximum absolute atomic E-state index is 9.93. The molecule has 0 aliphatic carbocycles. The number of aliphatic hydroxyl groups is 1. The fraction of sp³-hybridized carbons (Fsp3) is 0.238. The fourth-order valence-electron chi connectivity index (χ4n) is 3.08. The van der Waals surface area contributed by atoms with Gasteiger partial charge in [0.15, 0.2) is 0 Å². The van der Waals surface area contributed by atoms with Crippen molar-refractivity contribution in [3.63, 3.8) is 0 Å². The van der Waals surface area contributed by atoms with E-state index in [1.54, 1.807) is 7.11 Å². The summed E-state index contributed by atoms with van der Waals surface area (Å²) < 4.78 is 5.29. The van der Waals surface area contributed by atoms with E-state index < -0.39 is 0 Å². The van der Waals surface area contributed by atoms with Crippen molar-refractivity contribution in [3.05, 3.63) is 77.9 Å². The Balaban J connectivity index is 1.83. The zero-order valence-corrected chi connectivity index (χ0v) is 14.1. The first-order chi connectivity index (χ1) is 11.7. The van der Waals surface area contributed by atoms with Crippen LogP contribution < -0.4 is 4.74 Å². The van der Waals surface area contributed by atoms with Gasteiger partial charge in [0.1, 0.15) is 5.75 Å². The fourth-order valence-corrected chi connectivity index (χ4v) is 3.08. The molecular formula is C21H23NO2. The molecule has 3 rings (SSSR count). The highest BCUT2D eigenvalue weighted by molar-refractivity contribution is 5.83. The zero-order chi connectivity index (χ0) is 16.9. The number of benzene rings is 3. The second-order valence-corrected chi connectivity index (χ2v) is 6.07. The smallest absolute Gasteiger partial charge is 0.119 e. The van der Waals surface area contributed by atoms with E-state index in [0.717, 1.165) is 23.4 Å². The number of hydrogen-bond acceptors (Lipinski definition) is 3. The Kier molecular flexibility index (Phi) is 5.14. The molecule has 1 N–H and O–H groups in total. The van der Waals surface area contributed by atoms with Gasteiger partial charge < -0.3 is 9.84 Å². The van der Waals surface area contributed by atoms with Crippen LogP contribution in [0.4, 0.5) is 0 Å². The first-order valence-corrected chi connectivity index (χ1v) is 8.14. The molecule has 0 spiro atoms. The molecular weight excluding hydrogens is 298 g/mol. The summed E-state index contributed by atoms with van der Waals surface area (Å²) in [5.41, 5.74) is 2.29. The lowest BCUT2D eigenvalue weighted by Crippen LogP contribution is -2.27. The van der Waals surface area contributed by atoms with E-state index in [-0.39, 0.29) is 12.6 Å². The molecule has 0 saturated carbocycles. The molecule has 3 heteroatoms. The summed E-state index contributed by atoms with van der Waals surface area (Å²) in [5.74, 6) is 0.854. The number of hydrogen-bond donors (Lipinski definition) is 1. The van der Waals surface area contributed by atoms with E-state index in [2.05, 4.69) is 41.3 Å². The van der Waals surface area contributed by atoms with Crippen LogP contribution in [-0.2, 0) is 6.54 Å². The highest BCUT2D eigenvalue weighted by Gasteiger charge is 2.17. The number of methoxy groups -OCH3 is 1. The van der Waals surface area contributed by atoms with Gasteiger partial charge in [-0.1, -0.05) is 48.5 Å². The van der Waals surface area contributed by atoms with Crippen LogP contribution in [0.25, 0.3) is 10.8 Å². The third-order valence-corrected chi connectivity index (χ3v) is 4.43. The average molecular weight is 321 g/mol. The van der Waals surface area contributed by atoms with Gasteiger partial charge in [0.25, 0.3) is 0 Å². The lowest BCUT2D eigenvalue weighted by Gasteiger charge is -2.27. The molecule has 0 amide bonds. The second-order valence-electron chi connectivity index (χ2n) is 6.07. The van der Waals surface area contributed by atoms with Crippen LogP contribution in [0.15, 0.2) is 66.7 Å². The van der Waals surface area contributed by atoms with Crippen LogP contribution in [-0.4, -0.2) is 30.8 Å². The van der Waals surface area contributed by atoms with Crippen LogP contribution in [0, 0.1) is 0 Å². The minimum atomic E-state index is -0.0409. The number of rotatable bonds is 6. The van der Waals surface area contributed by atoms with Gasteiger partial charge in [-0.2, -0.15) is 0 Å². The summed E-state index contributed by atoms with van der Waals surface area (Å²) in [6.07, 6.45) is 0. The lowest BCUT2D eigenvalue weighted by atomic mass is 10.0. The first-order valence-electron chi connectivity index (χ1n) is 8.14. The van der Waals surface area contributed by atoms with Crippen LogP contribution in [0.1, 0.15) is 17.2 Å². The van der Waals surface area contributed by atoms with Gasteiger partial charge in [-0.05, 0) is 47.1 Å². The molecule has 0 aliphatic rings. The Morgan fingerprint density at radius 2 is 1.75 bits per heavy atom. The highest BCUT2D eigenvalue weighted by Crippen LogP contribution is 2.25. The second kappa shape index (κ2) is 7.47. The standard InChI is InChI=1S/C21H23NO2/c1-22(14-16-6-5-9-20(12-16)24-2)21(15-23)19-11-10-17-7-3-4-8-18(17)13-19/h3-13,21,23H,14-15H2,1-2H3. The van der Waals surface area contributed by atoms with E-state index in [0.29, 0.717) is 0 Å². The van der Waals surface area contributed by atoms with E-state index in [1.165, 1.54) is 10.8 Å². The number of fused-ring (bicyclic) bond motifs is 1. The SMILES string of the molecule is COc1cccc(CN(C)C(CO)c2ccc3ccccc3c2)c1. The summed E-state index contributed by atoms with van der Waals surface area (Å²) in [5, 5.41) is 12.3. The largest absolute Gasteiger partial charge is 0.497 e. The Morgan fingerprint density at radius 3 is 2.50 bits per heavy atom. The van der Waals surface area contributed by atoms with Gasteiger partial charge in [-0.15, -0.1) is 0 Å². The molecule has 1 atom stereocenters.